The second-order valence-electron chi connectivity index (χ2n) is 4.26. The van der Waals surface area contributed by atoms with E-state index in [-0.39, 0.29) is 0 Å². The molecule has 2 rings (SSSR count). The van der Waals surface area contributed by atoms with E-state index in [2.05, 4.69) is 33.8 Å². The molecule has 0 saturated carbocycles. The molecule has 4 heteroatoms. The van der Waals surface area contributed by atoms with Crippen LogP contribution in [-0.4, -0.2) is 30.7 Å². The summed E-state index contributed by atoms with van der Waals surface area (Å²) in [5.74, 6) is 0. The van der Waals surface area contributed by atoms with Crippen LogP contribution in [0.25, 0.3) is 0 Å². The van der Waals surface area contributed by atoms with Gasteiger partial charge in [0.2, 0.25) is 0 Å². The molecule has 88 valence electrons. The summed E-state index contributed by atoms with van der Waals surface area (Å²) in [4.78, 5) is 2.38. The van der Waals surface area contributed by atoms with Gasteiger partial charge in [-0.05, 0) is 24.6 Å². The molecule has 16 heavy (non-hydrogen) atoms. The number of anilines is 1. The zero-order valence-corrected chi connectivity index (χ0v) is 11.0. The summed E-state index contributed by atoms with van der Waals surface area (Å²) in [7, 11) is 0. The van der Waals surface area contributed by atoms with Gasteiger partial charge in [-0.1, -0.05) is 22.0 Å². The molecule has 3 nitrogen and oxygen atoms in total. The number of nitrogens with zero attached hydrogens (tertiary/aromatic N) is 1. The molecule has 1 aliphatic heterocycles. The van der Waals surface area contributed by atoms with Crippen molar-refractivity contribution < 1.29 is 4.74 Å². The normalized spacial score (nSPS) is 22.2. The van der Waals surface area contributed by atoms with Crippen molar-refractivity contribution >= 4 is 21.6 Å². The third-order valence-electron chi connectivity index (χ3n) is 2.83. The molecule has 1 unspecified atom stereocenters. The molecule has 1 fully saturated rings. The molecule has 1 aromatic rings. The first-order valence-electron chi connectivity index (χ1n) is 5.53. The van der Waals surface area contributed by atoms with E-state index in [9.17, 15) is 0 Å². The fraction of sp³-hybridized carbons (Fsp3) is 0.500. The first-order valence-corrected chi connectivity index (χ1v) is 6.32. The molecule has 0 amide bonds. The molecule has 1 aliphatic rings. The number of ether oxygens (including phenoxy) is 1. The Balaban J connectivity index is 2.02. The van der Waals surface area contributed by atoms with Crippen molar-refractivity contribution in [1.82, 2.24) is 4.90 Å². The van der Waals surface area contributed by atoms with Crippen molar-refractivity contribution in [3.8, 4) is 0 Å². The molecule has 1 atom stereocenters. The lowest BCUT2D eigenvalue weighted by molar-refractivity contribution is -0.0211. The van der Waals surface area contributed by atoms with Crippen molar-refractivity contribution in [3.63, 3.8) is 0 Å². The van der Waals surface area contributed by atoms with Gasteiger partial charge in [0.25, 0.3) is 0 Å². The summed E-state index contributed by atoms with van der Waals surface area (Å²) in [6.07, 6.45) is 0.324. The Kier molecular flexibility index (Phi) is 3.84. The summed E-state index contributed by atoms with van der Waals surface area (Å²) in [6.45, 7) is 5.80. The SMILES string of the molecule is CC1CN(Cc2ccc(Br)cc2N)CCO1. The standard InChI is InChI=1S/C12H17BrN2O/c1-9-7-15(4-5-16-9)8-10-2-3-11(13)6-12(10)14/h2-3,6,9H,4-5,7-8,14H2,1H3. The number of nitrogens with two attached hydrogens (primary N) is 1. The van der Waals surface area contributed by atoms with Crippen molar-refractivity contribution in [2.24, 2.45) is 0 Å². The Morgan fingerprint density at radius 3 is 3.06 bits per heavy atom. The predicted octanol–water partition coefficient (Wildman–Crippen LogP) is 2.25. The van der Waals surface area contributed by atoms with Gasteiger partial charge < -0.3 is 10.5 Å². The Labute approximate surface area is 105 Å². The Bertz CT molecular complexity index is 370. The average Bonchev–Trinajstić information content (AvgIpc) is 2.22. The van der Waals surface area contributed by atoms with E-state index in [1.807, 2.05) is 12.1 Å². The number of hydrogen-bond acceptors (Lipinski definition) is 3. The molecular weight excluding hydrogens is 268 g/mol. The first-order chi connectivity index (χ1) is 7.65. The number of nitrogen functional groups attached to an aromatic ring is 1. The smallest absolute Gasteiger partial charge is 0.0674 e. The Morgan fingerprint density at radius 1 is 1.56 bits per heavy atom. The fourth-order valence-electron chi connectivity index (χ4n) is 1.98. The number of halogens is 1. The molecule has 2 N–H and O–H groups in total. The van der Waals surface area contributed by atoms with Crippen LogP contribution in [0.4, 0.5) is 5.69 Å². The number of rotatable bonds is 2. The van der Waals surface area contributed by atoms with Crippen molar-refractivity contribution in [1.29, 1.82) is 0 Å². The molecule has 1 aromatic carbocycles. The fourth-order valence-corrected chi connectivity index (χ4v) is 2.36. The number of hydrogen-bond donors (Lipinski definition) is 1. The van der Waals surface area contributed by atoms with E-state index in [0.29, 0.717) is 6.10 Å². The molecule has 0 aliphatic carbocycles. The Morgan fingerprint density at radius 2 is 2.38 bits per heavy atom. The zero-order valence-electron chi connectivity index (χ0n) is 9.45. The lowest BCUT2D eigenvalue weighted by Crippen LogP contribution is -2.40. The Hall–Kier alpha value is -0.580. The van der Waals surface area contributed by atoms with Crippen LogP contribution >= 0.6 is 15.9 Å². The summed E-state index contributed by atoms with van der Waals surface area (Å²) < 4.78 is 6.55. The van der Waals surface area contributed by atoms with E-state index in [1.54, 1.807) is 0 Å². The number of benzene rings is 1. The van der Waals surface area contributed by atoms with Crippen LogP contribution in [0, 0.1) is 0 Å². The van der Waals surface area contributed by atoms with Crippen LogP contribution in [0.3, 0.4) is 0 Å². The molecule has 1 heterocycles. The van der Waals surface area contributed by atoms with Gasteiger partial charge in [-0.2, -0.15) is 0 Å². The maximum Gasteiger partial charge on any atom is 0.0674 e. The highest BCUT2D eigenvalue weighted by molar-refractivity contribution is 9.10. The largest absolute Gasteiger partial charge is 0.398 e. The minimum Gasteiger partial charge on any atom is -0.398 e. The highest BCUT2D eigenvalue weighted by Gasteiger charge is 2.17. The van der Waals surface area contributed by atoms with E-state index >= 15 is 0 Å². The van der Waals surface area contributed by atoms with Gasteiger partial charge in [-0.3, -0.25) is 4.90 Å². The van der Waals surface area contributed by atoms with Crippen LogP contribution in [0.1, 0.15) is 12.5 Å². The lowest BCUT2D eigenvalue weighted by atomic mass is 10.1. The van der Waals surface area contributed by atoms with Gasteiger partial charge in [0.1, 0.15) is 0 Å². The third-order valence-corrected chi connectivity index (χ3v) is 3.32. The van der Waals surface area contributed by atoms with E-state index in [1.165, 1.54) is 5.56 Å². The lowest BCUT2D eigenvalue weighted by Gasteiger charge is -2.31. The third kappa shape index (κ3) is 2.97. The van der Waals surface area contributed by atoms with Crippen molar-refractivity contribution in [2.75, 3.05) is 25.4 Å². The minimum absolute atomic E-state index is 0.324. The molecular formula is C12H17BrN2O. The van der Waals surface area contributed by atoms with Crippen LogP contribution in [-0.2, 0) is 11.3 Å². The van der Waals surface area contributed by atoms with Gasteiger partial charge in [0.15, 0.2) is 0 Å². The van der Waals surface area contributed by atoms with Gasteiger partial charge in [-0.15, -0.1) is 0 Å². The molecule has 0 spiro atoms. The molecule has 1 saturated heterocycles. The summed E-state index contributed by atoms with van der Waals surface area (Å²) >= 11 is 3.42. The highest BCUT2D eigenvalue weighted by atomic mass is 79.9. The molecule has 0 aromatic heterocycles. The zero-order chi connectivity index (χ0) is 11.5. The predicted molar refractivity (Wildman–Crippen MR) is 69.2 cm³/mol. The maximum atomic E-state index is 5.99. The second-order valence-corrected chi connectivity index (χ2v) is 5.18. The van der Waals surface area contributed by atoms with Gasteiger partial charge >= 0.3 is 0 Å². The number of morpholine rings is 1. The quantitative estimate of drug-likeness (QED) is 0.847. The second kappa shape index (κ2) is 5.17. The average molecular weight is 285 g/mol. The van der Waals surface area contributed by atoms with Gasteiger partial charge in [0.05, 0.1) is 12.7 Å². The minimum atomic E-state index is 0.324. The highest BCUT2D eigenvalue weighted by Crippen LogP contribution is 2.20. The van der Waals surface area contributed by atoms with Gasteiger partial charge in [0, 0.05) is 29.8 Å². The van der Waals surface area contributed by atoms with E-state index in [4.69, 9.17) is 10.5 Å². The van der Waals surface area contributed by atoms with Crippen LogP contribution < -0.4 is 5.73 Å². The molecule has 0 bridgehead atoms. The van der Waals surface area contributed by atoms with Crippen molar-refractivity contribution in [2.45, 2.75) is 19.6 Å². The monoisotopic (exact) mass is 284 g/mol. The maximum absolute atomic E-state index is 5.99. The molecule has 0 radical (unpaired) electrons. The van der Waals surface area contributed by atoms with E-state index in [0.717, 1.165) is 36.4 Å². The topological polar surface area (TPSA) is 38.5 Å². The summed E-state index contributed by atoms with van der Waals surface area (Å²) in [6, 6.07) is 6.08. The van der Waals surface area contributed by atoms with Crippen LogP contribution in [0.5, 0.6) is 0 Å². The van der Waals surface area contributed by atoms with E-state index < -0.39 is 0 Å². The van der Waals surface area contributed by atoms with Gasteiger partial charge in [-0.25, -0.2) is 0 Å². The summed E-state index contributed by atoms with van der Waals surface area (Å²) in [5.41, 5.74) is 8.03. The van der Waals surface area contributed by atoms with Crippen LogP contribution in [0.2, 0.25) is 0 Å². The summed E-state index contributed by atoms with van der Waals surface area (Å²) in [5, 5.41) is 0. The van der Waals surface area contributed by atoms with Crippen molar-refractivity contribution in [3.05, 3.63) is 28.2 Å². The first kappa shape index (κ1) is 11.9. The van der Waals surface area contributed by atoms with Crippen LogP contribution in [0.15, 0.2) is 22.7 Å².